The second kappa shape index (κ2) is 6.37. The quantitative estimate of drug-likeness (QED) is 0.840. The summed E-state index contributed by atoms with van der Waals surface area (Å²) >= 11 is 5.43. The van der Waals surface area contributed by atoms with Gasteiger partial charge in [-0.05, 0) is 37.8 Å². The third-order valence-corrected chi connectivity index (χ3v) is 5.24. The zero-order chi connectivity index (χ0) is 13.9. The van der Waals surface area contributed by atoms with Crippen molar-refractivity contribution in [2.24, 2.45) is 0 Å². The molecule has 2 nitrogen and oxygen atoms in total. The molecule has 1 N–H and O–H groups in total. The van der Waals surface area contributed by atoms with E-state index in [9.17, 15) is 0 Å². The number of rotatable bonds is 6. The molecule has 1 aliphatic rings. The predicted molar refractivity (Wildman–Crippen MR) is 88.5 cm³/mol. The number of thiazole rings is 1. The fourth-order valence-corrected chi connectivity index (χ4v) is 3.68. The topological polar surface area (TPSA) is 24.9 Å². The number of hydrogen-bond donors (Lipinski definition) is 1. The number of aryl methyl sites for hydroxylation is 1. The molecule has 1 atom stereocenters. The van der Waals surface area contributed by atoms with Gasteiger partial charge in [-0.1, -0.05) is 34.1 Å². The molecular weight excluding hydrogens is 332 g/mol. The first kappa shape index (κ1) is 14.2. The second-order valence-electron chi connectivity index (χ2n) is 5.46. The van der Waals surface area contributed by atoms with E-state index in [0.717, 1.165) is 24.0 Å². The molecule has 1 saturated carbocycles. The van der Waals surface area contributed by atoms with Gasteiger partial charge in [0.15, 0.2) is 0 Å². The maximum atomic E-state index is 4.62. The van der Waals surface area contributed by atoms with Crippen LogP contribution in [0, 0.1) is 6.92 Å². The van der Waals surface area contributed by atoms with Gasteiger partial charge in [0.1, 0.15) is 0 Å². The van der Waals surface area contributed by atoms with Gasteiger partial charge in [0.05, 0.1) is 10.7 Å². The zero-order valence-electron chi connectivity index (χ0n) is 11.6. The molecule has 0 amide bonds. The molecule has 0 aliphatic heterocycles. The Kier molecular flexibility index (Phi) is 4.54. The van der Waals surface area contributed by atoms with Crippen molar-refractivity contribution in [3.8, 4) is 0 Å². The minimum absolute atomic E-state index is 0.479. The van der Waals surface area contributed by atoms with Gasteiger partial charge in [0.2, 0.25) is 0 Å². The second-order valence-corrected chi connectivity index (χ2v) is 7.38. The van der Waals surface area contributed by atoms with Gasteiger partial charge in [-0.2, -0.15) is 0 Å². The Morgan fingerprint density at radius 2 is 2.20 bits per heavy atom. The molecule has 4 heteroatoms. The van der Waals surface area contributed by atoms with E-state index in [4.69, 9.17) is 0 Å². The average molecular weight is 351 g/mol. The van der Waals surface area contributed by atoms with Crippen LogP contribution in [0.25, 0.3) is 0 Å². The smallest absolute Gasteiger partial charge is 0.0897 e. The van der Waals surface area contributed by atoms with E-state index >= 15 is 0 Å². The van der Waals surface area contributed by atoms with Crippen LogP contribution in [0.5, 0.6) is 0 Å². The highest BCUT2D eigenvalue weighted by atomic mass is 79.9. The van der Waals surface area contributed by atoms with Crippen molar-refractivity contribution in [3.05, 3.63) is 50.4 Å². The number of benzene rings is 1. The lowest BCUT2D eigenvalue weighted by Crippen LogP contribution is -2.25. The molecular formula is C16H19BrN2S. The summed E-state index contributed by atoms with van der Waals surface area (Å²) in [6.45, 7) is 3.11. The minimum atomic E-state index is 0.479. The third kappa shape index (κ3) is 3.68. The highest BCUT2D eigenvalue weighted by Gasteiger charge is 2.23. The number of nitrogens with zero attached hydrogens (tertiary/aromatic N) is 1. The van der Waals surface area contributed by atoms with E-state index in [2.05, 4.69) is 62.8 Å². The molecule has 1 aromatic carbocycles. The fraction of sp³-hybridized carbons (Fsp3) is 0.438. The van der Waals surface area contributed by atoms with E-state index in [1.54, 1.807) is 11.3 Å². The van der Waals surface area contributed by atoms with Crippen LogP contribution in [0.2, 0.25) is 0 Å². The Balaban J connectivity index is 1.77. The normalized spacial score (nSPS) is 16.3. The zero-order valence-corrected chi connectivity index (χ0v) is 14.0. The lowest BCUT2D eigenvalue weighted by Gasteiger charge is -2.18. The summed E-state index contributed by atoms with van der Waals surface area (Å²) in [5.41, 5.74) is 2.59. The van der Waals surface area contributed by atoms with Gasteiger partial charge in [-0.15, -0.1) is 11.3 Å². The lowest BCUT2D eigenvalue weighted by atomic mass is 9.94. The number of hydrogen-bond acceptors (Lipinski definition) is 3. The fourth-order valence-electron chi connectivity index (χ4n) is 2.45. The van der Waals surface area contributed by atoms with E-state index in [1.807, 2.05) is 0 Å². The first-order chi connectivity index (χ1) is 9.72. The van der Waals surface area contributed by atoms with Gasteiger partial charge in [0, 0.05) is 28.4 Å². The Bertz CT molecular complexity index is 577. The number of halogens is 1. The monoisotopic (exact) mass is 350 g/mol. The van der Waals surface area contributed by atoms with Crippen LogP contribution in [0.4, 0.5) is 0 Å². The Morgan fingerprint density at radius 1 is 1.40 bits per heavy atom. The summed E-state index contributed by atoms with van der Waals surface area (Å²) < 4.78 is 1.20. The van der Waals surface area contributed by atoms with Crippen molar-refractivity contribution < 1.29 is 0 Å². The standard InChI is InChI=1S/C16H19BrN2S/c1-11-19-14(10-20-11)8-12(9-18-13-6-7-13)15-4-2-3-5-16(15)17/h2-5,10,12-13,18H,6-9H2,1H3. The largest absolute Gasteiger partial charge is 0.313 e. The van der Waals surface area contributed by atoms with Crippen LogP contribution in [-0.2, 0) is 6.42 Å². The Hall–Kier alpha value is -0.710. The van der Waals surface area contributed by atoms with Gasteiger partial charge >= 0.3 is 0 Å². The van der Waals surface area contributed by atoms with Crippen molar-refractivity contribution in [2.45, 2.75) is 38.1 Å². The summed E-state index contributed by atoms with van der Waals surface area (Å²) in [4.78, 5) is 4.62. The molecule has 106 valence electrons. The van der Waals surface area contributed by atoms with Crippen molar-refractivity contribution >= 4 is 27.3 Å². The molecule has 1 fully saturated rings. The molecule has 3 rings (SSSR count). The van der Waals surface area contributed by atoms with E-state index in [1.165, 1.54) is 28.6 Å². The SMILES string of the molecule is Cc1nc(CC(CNC2CC2)c2ccccc2Br)cs1. The highest BCUT2D eigenvalue weighted by Crippen LogP contribution is 2.29. The maximum Gasteiger partial charge on any atom is 0.0897 e. The van der Waals surface area contributed by atoms with Crippen molar-refractivity contribution in [3.63, 3.8) is 0 Å². The van der Waals surface area contributed by atoms with E-state index < -0.39 is 0 Å². The van der Waals surface area contributed by atoms with Crippen LogP contribution in [0.1, 0.15) is 35.0 Å². The van der Waals surface area contributed by atoms with Gasteiger partial charge < -0.3 is 5.32 Å². The molecule has 1 aliphatic carbocycles. The molecule has 0 radical (unpaired) electrons. The van der Waals surface area contributed by atoms with E-state index in [-0.39, 0.29) is 0 Å². The summed E-state index contributed by atoms with van der Waals surface area (Å²) in [6, 6.07) is 9.30. The third-order valence-electron chi connectivity index (χ3n) is 3.70. The Morgan fingerprint density at radius 3 is 2.85 bits per heavy atom. The molecule has 0 saturated heterocycles. The molecule has 0 bridgehead atoms. The molecule has 1 heterocycles. The maximum absolute atomic E-state index is 4.62. The van der Waals surface area contributed by atoms with Crippen LogP contribution < -0.4 is 5.32 Å². The van der Waals surface area contributed by atoms with Gasteiger partial charge in [-0.25, -0.2) is 4.98 Å². The molecule has 0 spiro atoms. The molecule has 1 unspecified atom stereocenters. The van der Waals surface area contributed by atoms with Gasteiger partial charge in [0.25, 0.3) is 0 Å². The van der Waals surface area contributed by atoms with Crippen molar-refractivity contribution in [2.75, 3.05) is 6.54 Å². The van der Waals surface area contributed by atoms with Crippen LogP contribution in [0.3, 0.4) is 0 Å². The van der Waals surface area contributed by atoms with Crippen molar-refractivity contribution in [1.82, 2.24) is 10.3 Å². The van der Waals surface area contributed by atoms with Crippen LogP contribution >= 0.6 is 27.3 Å². The molecule has 2 aromatic rings. The first-order valence-electron chi connectivity index (χ1n) is 7.11. The highest BCUT2D eigenvalue weighted by molar-refractivity contribution is 9.10. The summed E-state index contributed by atoms with van der Waals surface area (Å²) in [7, 11) is 0. The molecule has 20 heavy (non-hydrogen) atoms. The summed E-state index contributed by atoms with van der Waals surface area (Å²) in [5, 5.41) is 7.01. The van der Waals surface area contributed by atoms with Crippen molar-refractivity contribution in [1.29, 1.82) is 0 Å². The minimum Gasteiger partial charge on any atom is -0.313 e. The van der Waals surface area contributed by atoms with Crippen LogP contribution in [0.15, 0.2) is 34.1 Å². The Labute approximate surface area is 132 Å². The van der Waals surface area contributed by atoms with Crippen LogP contribution in [-0.4, -0.2) is 17.6 Å². The average Bonchev–Trinajstić information content (AvgIpc) is 3.18. The lowest BCUT2D eigenvalue weighted by molar-refractivity contribution is 0.571. The first-order valence-corrected chi connectivity index (χ1v) is 8.78. The van der Waals surface area contributed by atoms with Gasteiger partial charge in [-0.3, -0.25) is 0 Å². The van der Waals surface area contributed by atoms with E-state index in [0.29, 0.717) is 5.92 Å². The molecule has 1 aromatic heterocycles. The number of aromatic nitrogens is 1. The predicted octanol–water partition coefficient (Wildman–Crippen LogP) is 4.29. The number of nitrogens with one attached hydrogen (secondary N) is 1. The summed E-state index contributed by atoms with van der Waals surface area (Å²) in [5.74, 6) is 0.479. The summed E-state index contributed by atoms with van der Waals surface area (Å²) in [6.07, 6.45) is 3.67.